The summed E-state index contributed by atoms with van der Waals surface area (Å²) in [4.78, 5) is 0. The van der Waals surface area contributed by atoms with Crippen LogP contribution in [0.2, 0.25) is 0 Å². The Bertz CT molecular complexity index is 358. The molecule has 0 saturated heterocycles. The van der Waals surface area contributed by atoms with Gasteiger partial charge in [-0.05, 0) is 44.3 Å². The summed E-state index contributed by atoms with van der Waals surface area (Å²) in [6.07, 6.45) is 2.80. The number of ether oxygens (including phenoxy) is 2. The van der Waals surface area contributed by atoms with Crippen molar-refractivity contribution >= 4 is 31.9 Å². The molecule has 0 aliphatic heterocycles. The van der Waals surface area contributed by atoms with E-state index in [1.54, 1.807) is 14.2 Å². The highest BCUT2D eigenvalue weighted by Crippen LogP contribution is 2.31. The third kappa shape index (κ3) is 3.54. The monoisotopic (exact) mass is 334 g/mol. The second-order valence-electron chi connectivity index (χ2n) is 2.85. The molecule has 0 atom stereocenters. The van der Waals surface area contributed by atoms with Crippen LogP contribution in [-0.2, 0) is 6.42 Å². The summed E-state index contributed by atoms with van der Waals surface area (Å²) in [7, 11) is 3.28. The van der Waals surface area contributed by atoms with Crippen molar-refractivity contribution in [2.45, 2.75) is 6.42 Å². The molecule has 0 spiro atoms. The van der Waals surface area contributed by atoms with E-state index in [-0.39, 0.29) is 0 Å². The van der Waals surface area contributed by atoms with Crippen LogP contribution in [0.4, 0.5) is 0 Å². The zero-order valence-electron chi connectivity index (χ0n) is 8.59. The number of allylic oxidation sites excluding steroid dienone is 1. The lowest BCUT2D eigenvalue weighted by Crippen LogP contribution is -1.94. The van der Waals surface area contributed by atoms with Crippen LogP contribution < -0.4 is 9.47 Å². The number of benzene rings is 1. The first-order chi connectivity index (χ1) is 7.19. The molecule has 0 aliphatic carbocycles. The van der Waals surface area contributed by atoms with Crippen molar-refractivity contribution in [2.75, 3.05) is 14.2 Å². The molecule has 0 bridgehead atoms. The highest BCUT2D eigenvalue weighted by atomic mass is 79.9. The Morgan fingerprint density at radius 3 is 2.53 bits per heavy atom. The van der Waals surface area contributed by atoms with Crippen LogP contribution in [0.5, 0.6) is 11.5 Å². The van der Waals surface area contributed by atoms with Crippen molar-refractivity contribution < 1.29 is 9.47 Å². The summed E-state index contributed by atoms with van der Waals surface area (Å²) in [6.45, 7) is 0. The van der Waals surface area contributed by atoms with Crippen LogP contribution in [0.25, 0.3) is 0 Å². The van der Waals surface area contributed by atoms with E-state index in [1.165, 1.54) is 0 Å². The maximum absolute atomic E-state index is 5.31. The van der Waals surface area contributed by atoms with Gasteiger partial charge in [0.15, 0.2) is 11.5 Å². The Kier molecular flexibility index (Phi) is 5.19. The van der Waals surface area contributed by atoms with Crippen LogP contribution in [0.15, 0.2) is 27.7 Å². The molecular formula is C11H12Br2O2. The number of hydrogen-bond donors (Lipinski definition) is 0. The first-order valence-electron chi connectivity index (χ1n) is 4.40. The molecule has 4 heteroatoms. The van der Waals surface area contributed by atoms with Gasteiger partial charge in [0.25, 0.3) is 0 Å². The van der Waals surface area contributed by atoms with Crippen molar-refractivity contribution in [3.63, 3.8) is 0 Å². The molecule has 0 amide bonds. The Hall–Kier alpha value is -0.480. The second kappa shape index (κ2) is 6.18. The minimum absolute atomic E-state index is 0.758. The highest BCUT2D eigenvalue weighted by Gasteiger charge is 2.07. The molecule has 0 saturated carbocycles. The molecule has 0 aromatic heterocycles. The van der Waals surface area contributed by atoms with Crippen molar-refractivity contribution in [1.82, 2.24) is 0 Å². The third-order valence-corrected chi connectivity index (χ3v) is 2.61. The predicted octanol–water partition coefficient (Wildman–Crippen LogP) is 3.88. The molecule has 0 radical (unpaired) electrons. The van der Waals surface area contributed by atoms with Crippen molar-refractivity contribution in [2.24, 2.45) is 0 Å². The van der Waals surface area contributed by atoms with Gasteiger partial charge in [-0.2, -0.15) is 0 Å². The van der Waals surface area contributed by atoms with Gasteiger partial charge in [-0.15, -0.1) is 0 Å². The SMILES string of the molecule is COc1cccc(CC=C(Br)Br)c1OC. The maximum atomic E-state index is 5.31. The summed E-state index contributed by atoms with van der Waals surface area (Å²) in [5.41, 5.74) is 1.09. The van der Waals surface area contributed by atoms with Crippen LogP contribution in [0.1, 0.15) is 5.56 Å². The Balaban J connectivity index is 3.01. The van der Waals surface area contributed by atoms with E-state index in [0.717, 1.165) is 26.9 Å². The van der Waals surface area contributed by atoms with Crippen LogP contribution >= 0.6 is 31.9 Å². The summed E-state index contributed by atoms with van der Waals surface area (Å²) in [5.74, 6) is 1.55. The molecule has 2 nitrogen and oxygen atoms in total. The number of para-hydroxylation sites is 1. The molecule has 0 aliphatic rings. The van der Waals surface area contributed by atoms with Gasteiger partial charge in [0.05, 0.1) is 17.6 Å². The van der Waals surface area contributed by atoms with E-state index in [4.69, 9.17) is 9.47 Å². The van der Waals surface area contributed by atoms with Crippen molar-refractivity contribution in [3.05, 3.63) is 33.2 Å². The lowest BCUT2D eigenvalue weighted by molar-refractivity contribution is 0.352. The molecule has 0 fully saturated rings. The Morgan fingerprint density at radius 1 is 1.27 bits per heavy atom. The number of halogens is 2. The zero-order valence-corrected chi connectivity index (χ0v) is 11.8. The maximum Gasteiger partial charge on any atom is 0.164 e. The molecule has 1 rings (SSSR count). The summed E-state index contributed by atoms with van der Waals surface area (Å²) in [6, 6.07) is 5.85. The molecule has 0 unspecified atom stereocenters. The number of hydrogen-bond acceptors (Lipinski definition) is 2. The predicted molar refractivity (Wildman–Crippen MR) is 69.2 cm³/mol. The Labute approximate surface area is 107 Å². The first-order valence-corrected chi connectivity index (χ1v) is 5.98. The van der Waals surface area contributed by atoms with E-state index in [1.807, 2.05) is 24.3 Å². The number of methoxy groups -OCH3 is 2. The average molecular weight is 336 g/mol. The van der Waals surface area contributed by atoms with Gasteiger partial charge in [-0.3, -0.25) is 0 Å². The van der Waals surface area contributed by atoms with E-state index >= 15 is 0 Å². The third-order valence-electron chi connectivity index (χ3n) is 1.96. The molecule has 15 heavy (non-hydrogen) atoms. The van der Waals surface area contributed by atoms with Crippen molar-refractivity contribution in [3.8, 4) is 11.5 Å². The molecule has 1 aromatic rings. The quantitative estimate of drug-likeness (QED) is 0.831. The van der Waals surface area contributed by atoms with Crippen molar-refractivity contribution in [1.29, 1.82) is 0 Å². The number of rotatable bonds is 4. The lowest BCUT2D eigenvalue weighted by atomic mass is 10.1. The summed E-state index contributed by atoms with van der Waals surface area (Å²) in [5, 5.41) is 0. The standard InChI is InChI=1S/C11H12Br2O2/c1-14-9-5-3-4-8(11(9)15-2)6-7-10(12)13/h3-5,7H,6H2,1-2H3. The van der Waals surface area contributed by atoms with Gasteiger partial charge in [0.1, 0.15) is 0 Å². The van der Waals surface area contributed by atoms with Gasteiger partial charge in [0.2, 0.25) is 0 Å². The van der Waals surface area contributed by atoms with Crippen LogP contribution in [-0.4, -0.2) is 14.2 Å². The van der Waals surface area contributed by atoms with E-state index in [9.17, 15) is 0 Å². The van der Waals surface area contributed by atoms with Gasteiger partial charge in [-0.25, -0.2) is 0 Å². The van der Waals surface area contributed by atoms with Crippen LogP contribution in [0.3, 0.4) is 0 Å². The molecule has 0 heterocycles. The fourth-order valence-corrected chi connectivity index (χ4v) is 1.63. The topological polar surface area (TPSA) is 18.5 Å². The van der Waals surface area contributed by atoms with E-state index in [0.29, 0.717) is 0 Å². The Morgan fingerprint density at radius 2 is 2.00 bits per heavy atom. The highest BCUT2D eigenvalue weighted by molar-refractivity contribution is 9.28. The van der Waals surface area contributed by atoms with Gasteiger partial charge in [-0.1, -0.05) is 18.2 Å². The largest absolute Gasteiger partial charge is 0.493 e. The summed E-state index contributed by atoms with van der Waals surface area (Å²) >= 11 is 6.64. The van der Waals surface area contributed by atoms with Gasteiger partial charge >= 0.3 is 0 Å². The lowest BCUT2D eigenvalue weighted by Gasteiger charge is -2.11. The fourth-order valence-electron chi connectivity index (χ4n) is 1.30. The van der Waals surface area contributed by atoms with Gasteiger partial charge in [0, 0.05) is 5.56 Å². The molecule has 1 aromatic carbocycles. The first kappa shape index (κ1) is 12.6. The van der Waals surface area contributed by atoms with Gasteiger partial charge < -0.3 is 9.47 Å². The summed E-state index contributed by atoms with van der Waals surface area (Å²) < 4.78 is 11.5. The normalized spacial score (nSPS) is 9.60. The van der Waals surface area contributed by atoms with Crippen LogP contribution in [0, 0.1) is 0 Å². The molecule has 0 N–H and O–H groups in total. The minimum Gasteiger partial charge on any atom is -0.493 e. The van der Waals surface area contributed by atoms with E-state index < -0.39 is 0 Å². The average Bonchev–Trinajstić information content (AvgIpc) is 2.25. The molecular weight excluding hydrogens is 324 g/mol. The second-order valence-corrected chi connectivity index (χ2v) is 5.62. The zero-order chi connectivity index (χ0) is 11.3. The van der Waals surface area contributed by atoms with E-state index in [2.05, 4.69) is 31.9 Å². The molecule has 82 valence electrons. The fraction of sp³-hybridized carbons (Fsp3) is 0.273. The smallest absolute Gasteiger partial charge is 0.164 e. The minimum atomic E-state index is 0.758.